The van der Waals surface area contributed by atoms with Gasteiger partial charge in [0.05, 0.1) is 25.2 Å². The molecule has 0 aliphatic carbocycles. The van der Waals surface area contributed by atoms with Gasteiger partial charge in [0.25, 0.3) is 0 Å². The second-order valence-corrected chi connectivity index (χ2v) is 4.17. The number of hydrogen-bond acceptors (Lipinski definition) is 3. The summed E-state index contributed by atoms with van der Waals surface area (Å²) in [6.07, 6.45) is 4.83. The van der Waals surface area contributed by atoms with Gasteiger partial charge in [-0.25, -0.2) is 4.98 Å². The lowest BCUT2D eigenvalue weighted by Gasteiger charge is -2.08. The summed E-state index contributed by atoms with van der Waals surface area (Å²) in [7, 11) is 0. The smallest absolute Gasteiger partial charge is 0.0948 e. The van der Waals surface area contributed by atoms with Crippen LogP contribution in [0.5, 0.6) is 0 Å². The summed E-state index contributed by atoms with van der Waals surface area (Å²) >= 11 is 0. The second-order valence-electron chi connectivity index (χ2n) is 4.17. The first-order valence-electron chi connectivity index (χ1n) is 6.27. The number of rotatable bonds is 7. The SMILES string of the molecule is CCCn1cncc1CNOCc1ccccc1. The summed E-state index contributed by atoms with van der Waals surface area (Å²) in [5, 5.41) is 0. The highest BCUT2D eigenvalue weighted by atomic mass is 16.6. The van der Waals surface area contributed by atoms with Crippen molar-refractivity contribution in [1.82, 2.24) is 15.0 Å². The van der Waals surface area contributed by atoms with Crippen molar-refractivity contribution in [3.8, 4) is 0 Å². The Morgan fingerprint density at radius 1 is 1.28 bits per heavy atom. The van der Waals surface area contributed by atoms with Crippen LogP contribution in [-0.4, -0.2) is 9.55 Å². The van der Waals surface area contributed by atoms with Gasteiger partial charge in [-0.1, -0.05) is 37.3 Å². The van der Waals surface area contributed by atoms with E-state index in [0.717, 1.165) is 24.2 Å². The monoisotopic (exact) mass is 245 g/mol. The van der Waals surface area contributed by atoms with Crippen LogP contribution in [0.3, 0.4) is 0 Å². The highest BCUT2D eigenvalue weighted by Crippen LogP contribution is 2.02. The van der Waals surface area contributed by atoms with Crippen molar-refractivity contribution in [1.29, 1.82) is 0 Å². The van der Waals surface area contributed by atoms with Gasteiger partial charge in [-0.05, 0) is 12.0 Å². The molecule has 96 valence electrons. The highest BCUT2D eigenvalue weighted by molar-refractivity contribution is 5.13. The maximum Gasteiger partial charge on any atom is 0.0948 e. The Morgan fingerprint density at radius 2 is 2.11 bits per heavy atom. The number of benzene rings is 1. The molecule has 0 bridgehead atoms. The van der Waals surface area contributed by atoms with Gasteiger partial charge in [-0.15, -0.1) is 0 Å². The normalized spacial score (nSPS) is 10.7. The molecule has 4 heteroatoms. The molecule has 0 atom stereocenters. The molecule has 2 rings (SSSR count). The lowest BCUT2D eigenvalue weighted by molar-refractivity contribution is 0.0223. The molecule has 0 spiro atoms. The van der Waals surface area contributed by atoms with Crippen molar-refractivity contribution in [2.24, 2.45) is 0 Å². The fraction of sp³-hybridized carbons (Fsp3) is 0.357. The predicted molar refractivity (Wildman–Crippen MR) is 70.6 cm³/mol. The van der Waals surface area contributed by atoms with Gasteiger partial charge >= 0.3 is 0 Å². The Labute approximate surface area is 108 Å². The van der Waals surface area contributed by atoms with E-state index in [1.807, 2.05) is 42.9 Å². The second kappa shape index (κ2) is 6.93. The van der Waals surface area contributed by atoms with Crippen LogP contribution in [0.25, 0.3) is 0 Å². The Hall–Kier alpha value is -1.65. The maximum absolute atomic E-state index is 5.44. The van der Waals surface area contributed by atoms with E-state index < -0.39 is 0 Å². The minimum Gasteiger partial charge on any atom is -0.333 e. The highest BCUT2D eigenvalue weighted by Gasteiger charge is 2.00. The maximum atomic E-state index is 5.44. The molecule has 18 heavy (non-hydrogen) atoms. The average molecular weight is 245 g/mol. The third kappa shape index (κ3) is 3.68. The van der Waals surface area contributed by atoms with Crippen molar-refractivity contribution in [2.75, 3.05) is 0 Å². The molecule has 1 N–H and O–H groups in total. The number of aryl methyl sites for hydroxylation is 1. The molecule has 0 fully saturated rings. The lowest BCUT2D eigenvalue weighted by Crippen LogP contribution is -2.16. The van der Waals surface area contributed by atoms with Crippen LogP contribution in [0.1, 0.15) is 24.6 Å². The van der Waals surface area contributed by atoms with E-state index in [4.69, 9.17) is 4.84 Å². The molecule has 0 aliphatic rings. The quantitative estimate of drug-likeness (QED) is 0.602. The number of aromatic nitrogens is 2. The Balaban J connectivity index is 1.73. The Bertz CT molecular complexity index is 453. The molecular formula is C14H19N3O. The van der Waals surface area contributed by atoms with Crippen LogP contribution in [-0.2, 0) is 24.5 Å². The van der Waals surface area contributed by atoms with Gasteiger partial charge in [0.2, 0.25) is 0 Å². The van der Waals surface area contributed by atoms with Crippen molar-refractivity contribution in [2.45, 2.75) is 33.0 Å². The summed E-state index contributed by atoms with van der Waals surface area (Å²) in [4.78, 5) is 9.58. The van der Waals surface area contributed by atoms with Crippen LogP contribution >= 0.6 is 0 Å². The van der Waals surface area contributed by atoms with Gasteiger partial charge in [0.1, 0.15) is 0 Å². The van der Waals surface area contributed by atoms with Crippen molar-refractivity contribution < 1.29 is 4.84 Å². The summed E-state index contributed by atoms with van der Waals surface area (Å²) < 4.78 is 2.14. The first kappa shape index (κ1) is 12.8. The number of nitrogens with zero attached hydrogens (tertiary/aromatic N) is 2. The van der Waals surface area contributed by atoms with E-state index in [2.05, 4.69) is 22.0 Å². The molecule has 1 heterocycles. The van der Waals surface area contributed by atoms with Crippen molar-refractivity contribution in [3.63, 3.8) is 0 Å². The van der Waals surface area contributed by atoms with E-state index in [-0.39, 0.29) is 0 Å². The molecule has 0 amide bonds. The van der Waals surface area contributed by atoms with Crippen LogP contribution in [0.15, 0.2) is 42.9 Å². The molecule has 0 aliphatic heterocycles. The van der Waals surface area contributed by atoms with Crippen molar-refractivity contribution >= 4 is 0 Å². The number of imidazole rings is 1. The molecule has 4 nitrogen and oxygen atoms in total. The van der Waals surface area contributed by atoms with E-state index in [0.29, 0.717) is 13.2 Å². The number of nitrogens with one attached hydrogen (secondary N) is 1. The van der Waals surface area contributed by atoms with Gasteiger partial charge in [0, 0.05) is 12.7 Å². The van der Waals surface area contributed by atoms with Crippen molar-refractivity contribution in [3.05, 3.63) is 54.1 Å². The fourth-order valence-electron chi connectivity index (χ4n) is 1.77. The van der Waals surface area contributed by atoms with Crippen LogP contribution in [0.2, 0.25) is 0 Å². The third-order valence-corrected chi connectivity index (χ3v) is 2.70. The Kier molecular flexibility index (Phi) is 4.93. The predicted octanol–water partition coefficient (Wildman–Crippen LogP) is 2.51. The topological polar surface area (TPSA) is 39.1 Å². The van der Waals surface area contributed by atoms with E-state index in [1.54, 1.807) is 0 Å². The first-order valence-corrected chi connectivity index (χ1v) is 6.27. The van der Waals surface area contributed by atoms with Gasteiger partial charge < -0.3 is 4.57 Å². The minimum atomic E-state index is 0.572. The fourth-order valence-corrected chi connectivity index (χ4v) is 1.77. The van der Waals surface area contributed by atoms with Gasteiger partial charge in [-0.2, -0.15) is 5.48 Å². The van der Waals surface area contributed by atoms with E-state index in [1.165, 1.54) is 0 Å². The summed E-state index contributed by atoms with van der Waals surface area (Å²) in [5.74, 6) is 0. The van der Waals surface area contributed by atoms with E-state index in [9.17, 15) is 0 Å². The molecular weight excluding hydrogens is 226 g/mol. The Morgan fingerprint density at radius 3 is 2.89 bits per heavy atom. The largest absolute Gasteiger partial charge is 0.333 e. The lowest BCUT2D eigenvalue weighted by atomic mass is 10.2. The van der Waals surface area contributed by atoms with Crippen LogP contribution in [0, 0.1) is 0 Å². The molecule has 0 radical (unpaired) electrons. The molecule has 0 unspecified atom stereocenters. The molecule has 0 saturated heterocycles. The zero-order chi connectivity index (χ0) is 12.6. The average Bonchev–Trinajstić information content (AvgIpc) is 2.84. The number of hydroxylamine groups is 1. The van der Waals surface area contributed by atoms with Gasteiger partial charge in [0.15, 0.2) is 0 Å². The summed E-state index contributed by atoms with van der Waals surface area (Å²) in [6.45, 7) is 4.40. The zero-order valence-electron chi connectivity index (χ0n) is 10.7. The zero-order valence-corrected chi connectivity index (χ0v) is 10.7. The molecule has 1 aromatic carbocycles. The number of hydrogen-bond donors (Lipinski definition) is 1. The first-order chi connectivity index (χ1) is 8.90. The molecule has 1 aromatic heterocycles. The summed E-state index contributed by atoms with van der Waals surface area (Å²) in [5.41, 5.74) is 5.28. The van der Waals surface area contributed by atoms with Crippen LogP contribution in [0.4, 0.5) is 0 Å². The summed E-state index contributed by atoms with van der Waals surface area (Å²) in [6, 6.07) is 10.1. The minimum absolute atomic E-state index is 0.572. The van der Waals surface area contributed by atoms with Crippen LogP contribution < -0.4 is 5.48 Å². The van der Waals surface area contributed by atoms with Gasteiger partial charge in [-0.3, -0.25) is 4.84 Å². The third-order valence-electron chi connectivity index (χ3n) is 2.70. The molecule has 0 saturated carbocycles. The standard InChI is InChI=1S/C14H19N3O/c1-2-8-17-12-15-9-14(17)10-16-18-11-13-6-4-3-5-7-13/h3-7,9,12,16H,2,8,10-11H2,1H3. The molecule has 2 aromatic rings. The van der Waals surface area contributed by atoms with E-state index >= 15 is 0 Å².